The van der Waals surface area contributed by atoms with Crippen LogP contribution in [-0.2, 0) is 11.2 Å². The lowest BCUT2D eigenvalue weighted by Gasteiger charge is -2.16. The number of H-pyrrole nitrogens is 1. The first-order valence-electron chi connectivity index (χ1n) is 9.59. The summed E-state index contributed by atoms with van der Waals surface area (Å²) in [6, 6.07) is 15.9. The standard InChI is InChI=1S/C22H23FN4O2/c1-29-19-8-2-15(3-9-19)12-22(28)24-18-10-11-27(14-18)21-13-20(25-26-21)16-4-6-17(23)7-5-16/h2-9,13,18H,10-12,14H2,1H3,(H,24,28)(H,25,26). The lowest BCUT2D eigenvalue weighted by molar-refractivity contribution is -0.121. The zero-order valence-electron chi connectivity index (χ0n) is 16.2. The molecule has 1 atom stereocenters. The van der Waals surface area contributed by atoms with Gasteiger partial charge in [0.15, 0.2) is 5.82 Å². The Morgan fingerprint density at radius 2 is 2.00 bits per heavy atom. The Morgan fingerprint density at radius 3 is 2.72 bits per heavy atom. The van der Waals surface area contributed by atoms with E-state index in [1.54, 1.807) is 19.2 Å². The average molecular weight is 394 g/mol. The normalized spacial score (nSPS) is 16.1. The number of nitrogens with one attached hydrogen (secondary N) is 2. The lowest BCUT2D eigenvalue weighted by atomic mass is 10.1. The number of hydrogen-bond acceptors (Lipinski definition) is 4. The zero-order chi connectivity index (χ0) is 20.2. The molecule has 1 aliphatic heterocycles. The highest BCUT2D eigenvalue weighted by atomic mass is 19.1. The van der Waals surface area contributed by atoms with E-state index in [1.165, 1.54) is 12.1 Å². The van der Waals surface area contributed by atoms with Crippen LogP contribution in [0.4, 0.5) is 10.2 Å². The molecule has 1 fully saturated rings. The summed E-state index contributed by atoms with van der Waals surface area (Å²) in [5.74, 6) is 1.35. The number of ether oxygens (including phenoxy) is 1. The number of hydrogen-bond donors (Lipinski definition) is 2. The molecule has 4 rings (SSSR count). The van der Waals surface area contributed by atoms with Gasteiger partial charge in [0.2, 0.25) is 5.91 Å². The van der Waals surface area contributed by atoms with Gasteiger partial charge in [-0.05, 0) is 53.9 Å². The van der Waals surface area contributed by atoms with Crippen LogP contribution in [0.1, 0.15) is 12.0 Å². The summed E-state index contributed by atoms with van der Waals surface area (Å²) < 4.78 is 18.2. The maximum Gasteiger partial charge on any atom is 0.224 e. The number of aromatic amines is 1. The van der Waals surface area contributed by atoms with Crippen molar-refractivity contribution in [2.24, 2.45) is 0 Å². The van der Waals surface area contributed by atoms with E-state index in [2.05, 4.69) is 20.4 Å². The van der Waals surface area contributed by atoms with Crippen LogP contribution in [0.25, 0.3) is 11.3 Å². The van der Waals surface area contributed by atoms with Gasteiger partial charge in [0.1, 0.15) is 11.6 Å². The van der Waals surface area contributed by atoms with Crippen LogP contribution in [0.15, 0.2) is 54.6 Å². The van der Waals surface area contributed by atoms with Crippen LogP contribution in [0, 0.1) is 5.82 Å². The van der Waals surface area contributed by atoms with E-state index in [9.17, 15) is 9.18 Å². The Hall–Kier alpha value is -3.35. The molecule has 0 bridgehead atoms. The molecule has 6 nitrogen and oxygen atoms in total. The van der Waals surface area contributed by atoms with E-state index in [0.717, 1.165) is 41.4 Å². The lowest BCUT2D eigenvalue weighted by Crippen LogP contribution is -2.38. The maximum absolute atomic E-state index is 13.1. The second kappa shape index (κ2) is 8.34. The molecule has 3 aromatic rings. The molecule has 0 saturated carbocycles. The monoisotopic (exact) mass is 394 g/mol. The molecule has 1 saturated heterocycles. The molecule has 2 heterocycles. The quantitative estimate of drug-likeness (QED) is 0.674. The number of aromatic nitrogens is 2. The van der Waals surface area contributed by atoms with Gasteiger partial charge in [-0.2, -0.15) is 5.10 Å². The molecule has 2 N–H and O–H groups in total. The van der Waals surface area contributed by atoms with Crippen LogP contribution in [-0.4, -0.2) is 42.3 Å². The van der Waals surface area contributed by atoms with E-state index in [1.807, 2.05) is 30.3 Å². The summed E-state index contributed by atoms with van der Waals surface area (Å²) >= 11 is 0. The first kappa shape index (κ1) is 19.0. The largest absolute Gasteiger partial charge is 0.497 e. The van der Waals surface area contributed by atoms with Gasteiger partial charge in [0.05, 0.1) is 19.2 Å². The summed E-state index contributed by atoms with van der Waals surface area (Å²) in [5, 5.41) is 10.5. The van der Waals surface area contributed by atoms with E-state index >= 15 is 0 Å². The predicted molar refractivity (Wildman–Crippen MR) is 109 cm³/mol. The number of halogens is 1. The number of carbonyl (C=O) groups is 1. The van der Waals surface area contributed by atoms with E-state index < -0.39 is 0 Å². The Kier molecular flexibility index (Phi) is 5.46. The van der Waals surface area contributed by atoms with Crippen molar-refractivity contribution >= 4 is 11.7 Å². The summed E-state index contributed by atoms with van der Waals surface area (Å²) in [6.07, 6.45) is 1.21. The SMILES string of the molecule is COc1ccc(CC(=O)NC2CCN(c3cc(-c4ccc(F)cc4)[nH]n3)C2)cc1. The molecule has 1 unspecified atom stereocenters. The van der Waals surface area contributed by atoms with Crippen molar-refractivity contribution in [1.29, 1.82) is 0 Å². The number of nitrogens with zero attached hydrogens (tertiary/aromatic N) is 2. The Balaban J connectivity index is 1.32. The third kappa shape index (κ3) is 4.56. The van der Waals surface area contributed by atoms with Gasteiger partial charge in [0.25, 0.3) is 0 Å². The smallest absolute Gasteiger partial charge is 0.224 e. The highest BCUT2D eigenvalue weighted by molar-refractivity contribution is 5.79. The first-order chi connectivity index (χ1) is 14.1. The van der Waals surface area contributed by atoms with Gasteiger partial charge in [-0.1, -0.05) is 12.1 Å². The van der Waals surface area contributed by atoms with Crippen molar-refractivity contribution in [1.82, 2.24) is 15.5 Å². The number of carbonyl (C=O) groups excluding carboxylic acids is 1. The van der Waals surface area contributed by atoms with Gasteiger partial charge >= 0.3 is 0 Å². The summed E-state index contributed by atoms with van der Waals surface area (Å²) in [4.78, 5) is 14.5. The van der Waals surface area contributed by atoms with E-state index in [-0.39, 0.29) is 17.8 Å². The first-order valence-corrected chi connectivity index (χ1v) is 9.59. The molecule has 1 amide bonds. The zero-order valence-corrected chi connectivity index (χ0v) is 16.2. The molecular weight excluding hydrogens is 371 g/mol. The van der Waals surface area contributed by atoms with Crippen LogP contribution in [0.2, 0.25) is 0 Å². The fourth-order valence-corrected chi connectivity index (χ4v) is 3.54. The maximum atomic E-state index is 13.1. The van der Waals surface area contributed by atoms with Crippen molar-refractivity contribution in [3.05, 3.63) is 66.0 Å². The Morgan fingerprint density at radius 1 is 1.24 bits per heavy atom. The molecule has 7 heteroatoms. The van der Waals surface area contributed by atoms with E-state index in [0.29, 0.717) is 13.0 Å². The number of benzene rings is 2. The van der Waals surface area contributed by atoms with Gasteiger partial charge in [-0.15, -0.1) is 0 Å². The molecule has 150 valence electrons. The molecule has 0 radical (unpaired) electrons. The number of anilines is 1. The molecule has 29 heavy (non-hydrogen) atoms. The van der Waals surface area contributed by atoms with Crippen LogP contribution in [0.3, 0.4) is 0 Å². The third-order valence-corrected chi connectivity index (χ3v) is 5.12. The topological polar surface area (TPSA) is 70.2 Å². The minimum Gasteiger partial charge on any atom is -0.497 e. The van der Waals surface area contributed by atoms with Crippen LogP contribution in [0.5, 0.6) is 5.75 Å². The summed E-state index contributed by atoms with van der Waals surface area (Å²) in [5.41, 5.74) is 2.68. The van der Waals surface area contributed by atoms with Gasteiger partial charge in [0, 0.05) is 25.2 Å². The van der Waals surface area contributed by atoms with Crippen LogP contribution < -0.4 is 15.0 Å². The van der Waals surface area contributed by atoms with Gasteiger partial charge in [-0.25, -0.2) is 4.39 Å². The number of rotatable bonds is 6. The molecule has 0 spiro atoms. The highest BCUT2D eigenvalue weighted by Gasteiger charge is 2.25. The third-order valence-electron chi connectivity index (χ3n) is 5.12. The minimum atomic E-state index is -0.263. The van der Waals surface area contributed by atoms with Crippen molar-refractivity contribution < 1.29 is 13.9 Å². The summed E-state index contributed by atoms with van der Waals surface area (Å²) in [7, 11) is 1.62. The van der Waals surface area contributed by atoms with Crippen LogP contribution >= 0.6 is 0 Å². The molecule has 0 aliphatic carbocycles. The number of amides is 1. The molecule has 2 aromatic carbocycles. The van der Waals surface area contributed by atoms with Crippen molar-refractivity contribution in [3.63, 3.8) is 0 Å². The van der Waals surface area contributed by atoms with Crippen molar-refractivity contribution in [2.75, 3.05) is 25.1 Å². The van der Waals surface area contributed by atoms with Gasteiger partial charge < -0.3 is 15.0 Å². The second-order valence-electron chi connectivity index (χ2n) is 7.17. The van der Waals surface area contributed by atoms with E-state index in [4.69, 9.17) is 4.74 Å². The molecule has 1 aliphatic rings. The Labute approximate surface area is 168 Å². The van der Waals surface area contributed by atoms with Crippen molar-refractivity contribution in [2.45, 2.75) is 18.9 Å². The summed E-state index contributed by atoms with van der Waals surface area (Å²) in [6.45, 7) is 1.53. The van der Waals surface area contributed by atoms with Crippen molar-refractivity contribution in [3.8, 4) is 17.0 Å². The highest BCUT2D eigenvalue weighted by Crippen LogP contribution is 2.24. The average Bonchev–Trinajstić information content (AvgIpc) is 3.39. The fraction of sp³-hybridized carbons (Fsp3) is 0.273. The number of methoxy groups -OCH3 is 1. The minimum absolute atomic E-state index is 0.0102. The molecular formula is C22H23FN4O2. The second-order valence-corrected chi connectivity index (χ2v) is 7.17. The molecule has 1 aromatic heterocycles. The van der Waals surface area contributed by atoms with Gasteiger partial charge in [-0.3, -0.25) is 9.89 Å². The fourth-order valence-electron chi connectivity index (χ4n) is 3.54. The Bertz CT molecular complexity index is 969. The predicted octanol–water partition coefficient (Wildman–Crippen LogP) is 3.16.